The van der Waals surface area contributed by atoms with Crippen LogP contribution in [0.2, 0.25) is 0 Å². The zero-order chi connectivity index (χ0) is 12.3. The summed E-state index contributed by atoms with van der Waals surface area (Å²) >= 11 is 4.48. The van der Waals surface area contributed by atoms with Gasteiger partial charge in [0.25, 0.3) is 0 Å². The Morgan fingerprint density at radius 2 is 2.35 bits per heavy atom. The van der Waals surface area contributed by atoms with Gasteiger partial charge < -0.3 is 10.3 Å². The standard InChI is InChI=1S/C11H8BrN3OS/c12-8-2-1-7(4-13)10(3-8)14-5-9-6-17-11(16)15-9/h1-3,6,14H,5H2,(H,15,16). The third-order valence-electron chi connectivity index (χ3n) is 2.14. The number of nitrogens with zero attached hydrogens (tertiary/aromatic N) is 1. The van der Waals surface area contributed by atoms with Crippen molar-refractivity contribution in [2.45, 2.75) is 6.54 Å². The van der Waals surface area contributed by atoms with Crippen LogP contribution in [0.15, 0.2) is 32.8 Å². The van der Waals surface area contributed by atoms with Gasteiger partial charge in [-0.2, -0.15) is 5.26 Å². The van der Waals surface area contributed by atoms with E-state index in [1.165, 1.54) is 0 Å². The van der Waals surface area contributed by atoms with Crippen LogP contribution in [0.5, 0.6) is 0 Å². The summed E-state index contributed by atoms with van der Waals surface area (Å²) in [6, 6.07) is 7.50. The molecular formula is C11H8BrN3OS. The van der Waals surface area contributed by atoms with Gasteiger partial charge in [0.1, 0.15) is 6.07 Å². The van der Waals surface area contributed by atoms with Crippen molar-refractivity contribution in [2.75, 3.05) is 5.32 Å². The minimum absolute atomic E-state index is 0.0726. The van der Waals surface area contributed by atoms with E-state index in [9.17, 15) is 4.79 Å². The van der Waals surface area contributed by atoms with E-state index in [-0.39, 0.29) is 4.87 Å². The van der Waals surface area contributed by atoms with Gasteiger partial charge in [-0.15, -0.1) is 0 Å². The topological polar surface area (TPSA) is 68.7 Å². The van der Waals surface area contributed by atoms with Crippen LogP contribution < -0.4 is 10.2 Å². The lowest BCUT2D eigenvalue weighted by atomic mass is 10.2. The molecule has 2 aromatic rings. The Morgan fingerprint density at radius 3 is 3.00 bits per heavy atom. The number of hydrogen-bond donors (Lipinski definition) is 2. The molecule has 0 fully saturated rings. The number of nitriles is 1. The smallest absolute Gasteiger partial charge is 0.304 e. The molecule has 1 heterocycles. The first kappa shape index (κ1) is 11.9. The Bertz CT molecular complexity index is 626. The van der Waals surface area contributed by atoms with Gasteiger partial charge in [0.2, 0.25) is 0 Å². The highest BCUT2D eigenvalue weighted by Gasteiger charge is 2.03. The number of thiazole rings is 1. The predicted octanol–water partition coefficient (Wildman–Crippen LogP) is 2.68. The Balaban J connectivity index is 2.16. The number of rotatable bonds is 3. The first-order chi connectivity index (χ1) is 8.19. The second-order valence-electron chi connectivity index (χ2n) is 3.33. The maximum Gasteiger partial charge on any atom is 0.304 e. The summed E-state index contributed by atoms with van der Waals surface area (Å²) in [6.45, 7) is 0.490. The molecule has 86 valence electrons. The molecule has 0 unspecified atom stereocenters. The minimum Gasteiger partial charge on any atom is -0.378 e. The van der Waals surface area contributed by atoms with Crippen molar-refractivity contribution in [3.63, 3.8) is 0 Å². The Morgan fingerprint density at radius 1 is 1.53 bits per heavy atom. The molecule has 0 aliphatic carbocycles. The fourth-order valence-corrected chi connectivity index (χ4v) is 2.29. The van der Waals surface area contributed by atoms with E-state index in [1.807, 2.05) is 12.1 Å². The molecule has 1 aromatic heterocycles. The zero-order valence-electron chi connectivity index (χ0n) is 8.66. The van der Waals surface area contributed by atoms with E-state index in [2.05, 4.69) is 32.3 Å². The molecule has 0 saturated heterocycles. The summed E-state index contributed by atoms with van der Waals surface area (Å²) < 4.78 is 0.901. The molecular weight excluding hydrogens is 302 g/mol. The first-order valence-corrected chi connectivity index (χ1v) is 6.46. The Labute approximate surface area is 110 Å². The average Bonchev–Trinajstić information content (AvgIpc) is 2.73. The van der Waals surface area contributed by atoms with Gasteiger partial charge in [-0.05, 0) is 18.2 Å². The molecule has 4 nitrogen and oxygen atoms in total. The highest BCUT2D eigenvalue weighted by Crippen LogP contribution is 2.21. The third-order valence-corrected chi connectivity index (χ3v) is 3.35. The van der Waals surface area contributed by atoms with Crippen molar-refractivity contribution in [2.24, 2.45) is 0 Å². The van der Waals surface area contributed by atoms with Crippen molar-refractivity contribution >= 4 is 33.0 Å². The highest BCUT2D eigenvalue weighted by molar-refractivity contribution is 9.10. The summed E-state index contributed by atoms with van der Waals surface area (Å²) in [4.78, 5) is 13.6. The fraction of sp³-hybridized carbons (Fsp3) is 0.0909. The quantitative estimate of drug-likeness (QED) is 0.916. The number of nitrogens with one attached hydrogen (secondary N) is 2. The monoisotopic (exact) mass is 309 g/mol. The van der Waals surface area contributed by atoms with Gasteiger partial charge >= 0.3 is 4.87 Å². The molecule has 2 rings (SSSR count). The number of hydrogen-bond acceptors (Lipinski definition) is 4. The maximum absolute atomic E-state index is 11.0. The van der Waals surface area contributed by atoms with Crippen LogP contribution in [0.1, 0.15) is 11.3 Å². The van der Waals surface area contributed by atoms with Crippen LogP contribution >= 0.6 is 27.3 Å². The summed E-state index contributed by atoms with van der Waals surface area (Å²) in [5, 5.41) is 13.8. The lowest BCUT2D eigenvalue weighted by molar-refractivity contribution is 1.06. The van der Waals surface area contributed by atoms with Crippen LogP contribution in [0, 0.1) is 11.3 Å². The fourth-order valence-electron chi connectivity index (χ4n) is 1.35. The first-order valence-electron chi connectivity index (χ1n) is 4.79. The maximum atomic E-state index is 11.0. The normalized spacial score (nSPS) is 9.88. The van der Waals surface area contributed by atoms with Crippen molar-refractivity contribution in [3.8, 4) is 6.07 Å². The SMILES string of the molecule is N#Cc1ccc(Br)cc1NCc1csc(=O)[nH]1. The molecule has 0 amide bonds. The van der Waals surface area contributed by atoms with Crippen molar-refractivity contribution in [1.82, 2.24) is 4.98 Å². The van der Waals surface area contributed by atoms with E-state index >= 15 is 0 Å². The largest absolute Gasteiger partial charge is 0.378 e. The average molecular weight is 310 g/mol. The molecule has 0 atom stereocenters. The van der Waals surface area contributed by atoms with E-state index in [4.69, 9.17) is 5.26 Å². The summed E-state index contributed by atoms with van der Waals surface area (Å²) in [5.41, 5.74) is 2.13. The van der Waals surface area contributed by atoms with Gasteiger partial charge in [-0.25, -0.2) is 0 Å². The Hall–Kier alpha value is -1.58. The van der Waals surface area contributed by atoms with Gasteiger partial charge in [-0.1, -0.05) is 27.3 Å². The molecule has 0 spiro atoms. The van der Waals surface area contributed by atoms with Crippen LogP contribution in [-0.4, -0.2) is 4.98 Å². The van der Waals surface area contributed by atoms with Gasteiger partial charge in [0.05, 0.1) is 17.8 Å². The number of anilines is 1. The number of halogens is 1. The van der Waals surface area contributed by atoms with Crippen molar-refractivity contribution in [3.05, 3.63) is 49.0 Å². The number of aromatic nitrogens is 1. The third kappa shape index (κ3) is 2.96. The number of aromatic amines is 1. The predicted molar refractivity (Wildman–Crippen MR) is 71.1 cm³/mol. The highest BCUT2D eigenvalue weighted by atomic mass is 79.9. The summed E-state index contributed by atoms with van der Waals surface area (Å²) in [7, 11) is 0. The van der Waals surface area contributed by atoms with Crippen LogP contribution in [0.3, 0.4) is 0 Å². The molecule has 17 heavy (non-hydrogen) atoms. The lowest BCUT2D eigenvalue weighted by Gasteiger charge is -2.07. The minimum atomic E-state index is -0.0726. The second-order valence-corrected chi connectivity index (χ2v) is 5.09. The molecule has 0 bridgehead atoms. The molecule has 0 aliphatic rings. The van der Waals surface area contributed by atoms with Crippen molar-refractivity contribution < 1.29 is 0 Å². The van der Waals surface area contributed by atoms with E-state index < -0.39 is 0 Å². The number of benzene rings is 1. The number of H-pyrrole nitrogens is 1. The molecule has 0 saturated carbocycles. The van der Waals surface area contributed by atoms with Crippen molar-refractivity contribution in [1.29, 1.82) is 5.26 Å². The lowest BCUT2D eigenvalue weighted by Crippen LogP contribution is -2.04. The van der Waals surface area contributed by atoms with Gasteiger partial charge in [0.15, 0.2) is 0 Å². The van der Waals surface area contributed by atoms with Gasteiger partial charge in [0, 0.05) is 15.5 Å². The summed E-state index contributed by atoms with van der Waals surface area (Å²) in [5.74, 6) is 0. The summed E-state index contributed by atoms with van der Waals surface area (Å²) in [6.07, 6.45) is 0. The molecule has 1 aromatic carbocycles. The molecule has 0 aliphatic heterocycles. The molecule has 6 heteroatoms. The van der Waals surface area contributed by atoms with E-state index in [0.29, 0.717) is 12.1 Å². The second kappa shape index (κ2) is 5.17. The van der Waals surface area contributed by atoms with E-state index in [0.717, 1.165) is 27.2 Å². The van der Waals surface area contributed by atoms with E-state index in [1.54, 1.807) is 11.4 Å². The molecule has 0 radical (unpaired) electrons. The zero-order valence-corrected chi connectivity index (χ0v) is 11.1. The van der Waals surface area contributed by atoms with Crippen LogP contribution in [0.25, 0.3) is 0 Å². The van der Waals surface area contributed by atoms with Crippen LogP contribution in [-0.2, 0) is 6.54 Å². The Kier molecular flexibility index (Phi) is 3.61. The van der Waals surface area contributed by atoms with Gasteiger partial charge in [-0.3, -0.25) is 4.79 Å². The molecule has 2 N–H and O–H groups in total. The van der Waals surface area contributed by atoms with Crippen LogP contribution in [0.4, 0.5) is 5.69 Å².